The van der Waals surface area contributed by atoms with Crippen LogP contribution in [0, 0.1) is 0 Å². The summed E-state index contributed by atoms with van der Waals surface area (Å²) in [5, 5.41) is 0. The summed E-state index contributed by atoms with van der Waals surface area (Å²) in [5.41, 5.74) is 2.89. The van der Waals surface area contributed by atoms with Crippen LogP contribution in [0.1, 0.15) is 75.9 Å². The van der Waals surface area contributed by atoms with Crippen molar-refractivity contribution in [2.24, 2.45) is 0 Å². The second-order valence-electron chi connectivity index (χ2n) is 10.5. The summed E-state index contributed by atoms with van der Waals surface area (Å²) < 4.78 is 17.3. The van der Waals surface area contributed by atoms with Crippen LogP contribution in [0.15, 0.2) is 30.3 Å². The highest BCUT2D eigenvalue weighted by atomic mass is 16.5. The highest BCUT2D eigenvalue weighted by Gasteiger charge is 2.30. The molecule has 0 N–H and O–H groups in total. The SMILES string of the molecule is COc1cc(C(C)(C)C)c(OC(=O)c2ccc(OC)c(N3CCCC3)c2)c(C(C)(C)C)c1. The minimum atomic E-state index is -0.366. The van der Waals surface area contributed by atoms with Gasteiger partial charge in [0.1, 0.15) is 17.2 Å². The summed E-state index contributed by atoms with van der Waals surface area (Å²) in [6.45, 7) is 14.6. The van der Waals surface area contributed by atoms with E-state index in [0.717, 1.165) is 54.2 Å². The van der Waals surface area contributed by atoms with Crippen LogP contribution >= 0.6 is 0 Å². The average molecular weight is 440 g/mol. The average Bonchev–Trinajstić information content (AvgIpc) is 3.26. The molecule has 0 saturated carbocycles. The van der Waals surface area contributed by atoms with Crippen LogP contribution in [0.25, 0.3) is 0 Å². The Balaban J connectivity index is 2.06. The molecule has 1 fully saturated rings. The van der Waals surface area contributed by atoms with Gasteiger partial charge in [0.05, 0.1) is 25.5 Å². The van der Waals surface area contributed by atoms with Crippen LogP contribution < -0.4 is 19.1 Å². The van der Waals surface area contributed by atoms with E-state index in [1.807, 2.05) is 24.3 Å². The molecule has 174 valence electrons. The van der Waals surface area contributed by atoms with Crippen molar-refractivity contribution in [2.45, 2.75) is 65.2 Å². The predicted octanol–water partition coefficient (Wildman–Crippen LogP) is 6.12. The molecule has 3 rings (SSSR count). The maximum Gasteiger partial charge on any atom is 0.343 e. The number of carbonyl (C=O) groups is 1. The minimum absolute atomic E-state index is 0.231. The van der Waals surface area contributed by atoms with Gasteiger partial charge in [0.25, 0.3) is 0 Å². The third kappa shape index (κ3) is 5.03. The first-order valence-corrected chi connectivity index (χ1v) is 11.3. The van der Waals surface area contributed by atoms with Gasteiger partial charge in [-0.15, -0.1) is 0 Å². The quantitative estimate of drug-likeness (QED) is 0.415. The van der Waals surface area contributed by atoms with Gasteiger partial charge in [0.2, 0.25) is 0 Å². The van der Waals surface area contributed by atoms with E-state index in [1.54, 1.807) is 20.3 Å². The molecule has 0 aliphatic carbocycles. The van der Waals surface area contributed by atoms with Crippen LogP contribution in [-0.4, -0.2) is 33.3 Å². The molecule has 1 aliphatic rings. The largest absolute Gasteiger partial charge is 0.497 e. The van der Waals surface area contributed by atoms with E-state index in [9.17, 15) is 4.79 Å². The smallest absolute Gasteiger partial charge is 0.343 e. The Labute approximate surface area is 192 Å². The maximum atomic E-state index is 13.4. The molecule has 0 radical (unpaired) electrons. The lowest BCUT2D eigenvalue weighted by Gasteiger charge is -2.30. The van der Waals surface area contributed by atoms with E-state index in [0.29, 0.717) is 11.3 Å². The number of nitrogens with zero attached hydrogens (tertiary/aromatic N) is 1. The lowest BCUT2D eigenvalue weighted by Crippen LogP contribution is -2.23. The van der Waals surface area contributed by atoms with E-state index >= 15 is 0 Å². The zero-order chi connectivity index (χ0) is 23.7. The molecule has 0 aromatic heterocycles. The number of anilines is 1. The molecule has 1 saturated heterocycles. The summed E-state index contributed by atoms with van der Waals surface area (Å²) >= 11 is 0. The fourth-order valence-electron chi connectivity index (χ4n) is 4.12. The molecule has 0 atom stereocenters. The molecule has 1 heterocycles. The van der Waals surface area contributed by atoms with E-state index in [2.05, 4.69) is 46.4 Å². The van der Waals surface area contributed by atoms with Gasteiger partial charge in [0.15, 0.2) is 0 Å². The normalized spacial score (nSPS) is 14.4. The Morgan fingerprint density at radius 2 is 1.41 bits per heavy atom. The molecule has 32 heavy (non-hydrogen) atoms. The van der Waals surface area contributed by atoms with Gasteiger partial charge in [0, 0.05) is 24.2 Å². The summed E-state index contributed by atoms with van der Waals surface area (Å²) in [5.74, 6) is 1.79. The zero-order valence-electron chi connectivity index (χ0n) is 20.8. The molecule has 1 aliphatic heterocycles. The first-order valence-electron chi connectivity index (χ1n) is 11.3. The van der Waals surface area contributed by atoms with Crippen molar-refractivity contribution in [2.75, 3.05) is 32.2 Å². The summed E-state index contributed by atoms with van der Waals surface area (Å²) in [4.78, 5) is 15.6. The van der Waals surface area contributed by atoms with Gasteiger partial charge in [-0.2, -0.15) is 0 Å². The topological polar surface area (TPSA) is 48.0 Å². The molecule has 2 aromatic rings. The molecule has 0 unspecified atom stereocenters. The van der Waals surface area contributed by atoms with Gasteiger partial charge in [-0.05, 0) is 54.0 Å². The highest BCUT2D eigenvalue weighted by molar-refractivity contribution is 5.93. The molecule has 0 spiro atoms. The van der Waals surface area contributed by atoms with E-state index in [1.165, 1.54) is 0 Å². The monoisotopic (exact) mass is 439 g/mol. The number of ether oxygens (including phenoxy) is 3. The summed E-state index contributed by atoms with van der Waals surface area (Å²) in [6.07, 6.45) is 2.29. The van der Waals surface area contributed by atoms with Crippen molar-refractivity contribution in [3.8, 4) is 17.2 Å². The number of methoxy groups -OCH3 is 2. The van der Waals surface area contributed by atoms with Crippen LogP contribution in [0.5, 0.6) is 17.2 Å². The Kier molecular flexibility index (Phi) is 6.77. The Hall–Kier alpha value is -2.69. The van der Waals surface area contributed by atoms with E-state index in [4.69, 9.17) is 14.2 Å². The van der Waals surface area contributed by atoms with Gasteiger partial charge >= 0.3 is 5.97 Å². The summed E-state index contributed by atoms with van der Waals surface area (Å²) in [6, 6.07) is 9.47. The van der Waals surface area contributed by atoms with Crippen LogP contribution in [0.2, 0.25) is 0 Å². The third-order valence-electron chi connectivity index (χ3n) is 5.97. The summed E-state index contributed by atoms with van der Waals surface area (Å²) in [7, 11) is 3.33. The molecule has 2 aromatic carbocycles. The number of benzene rings is 2. The standard InChI is InChI=1S/C27H37NO4/c1-26(2,3)20-16-19(30-7)17-21(27(4,5)6)24(20)32-25(29)18-11-12-23(31-8)22(15-18)28-13-9-10-14-28/h11-12,15-17H,9-10,13-14H2,1-8H3. The Bertz CT molecular complexity index is 941. The van der Waals surface area contributed by atoms with Crippen molar-refractivity contribution in [1.82, 2.24) is 0 Å². The molecular formula is C27H37NO4. The van der Waals surface area contributed by atoms with Crippen molar-refractivity contribution in [1.29, 1.82) is 0 Å². The highest BCUT2D eigenvalue weighted by Crippen LogP contribution is 2.43. The Morgan fingerprint density at radius 3 is 1.88 bits per heavy atom. The molecule has 0 bridgehead atoms. The van der Waals surface area contributed by atoms with Gasteiger partial charge in [-0.1, -0.05) is 41.5 Å². The fourth-order valence-corrected chi connectivity index (χ4v) is 4.12. The third-order valence-corrected chi connectivity index (χ3v) is 5.97. The number of hydrogen-bond donors (Lipinski definition) is 0. The van der Waals surface area contributed by atoms with Crippen LogP contribution in [0.3, 0.4) is 0 Å². The zero-order valence-corrected chi connectivity index (χ0v) is 20.8. The first-order chi connectivity index (χ1) is 15.0. The molecular weight excluding hydrogens is 402 g/mol. The molecule has 5 heteroatoms. The molecule has 0 amide bonds. The van der Waals surface area contributed by atoms with Crippen molar-refractivity contribution >= 4 is 11.7 Å². The van der Waals surface area contributed by atoms with Crippen LogP contribution in [-0.2, 0) is 10.8 Å². The maximum absolute atomic E-state index is 13.4. The number of carbonyl (C=O) groups excluding carboxylic acids is 1. The minimum Gasteiger partial charge on any atom is -0.497 e. The van der Waals surface area contributed by atoms with Gasteiger partial charge in [-0.25, -0.2) is 4.79 Å². The second-order valence-corrected chi connectivity index (χ2v) is 10.5. The van der Waals surface area contributed by atoms with Gasteiger partial charge < -0.3 is 19.1 Å². The number of hydrogen-bond acceptors (Lipinski definition) is 5. The van der Waals surface area contributed by atoms with Crippen LogP contribution in [0.4, 0.5) is 5.69 Å². The second kappa shape index (κ2) is 9.05. The lowest BCUT2D eigenvalue weighted by molar-refractivity contribution is 0.0728. The fraction of sp³-hybridized carbons (Fsp3) is 0.519. The predicted molar refractivity (Wildman–Crippen MR) is 130 cm³/mol. The Morgan fingerprint density at radius 1 is 0.844 bits per heavy atom. The van der Waals surface area contributed by atoms with E-state index < -0.39 is 0 Å². The molecule has 5 nitrogen and oxygen atoms in total. The van der Waals surface area contributed by atoms with Crippen molar-refractivity contribution in [3.05, 3.63) is 47.0 Å². The van der Waals surface area contributed by atoms with Crippen molar-refractivity contribution in [3.63, 3.8) is 0 Å². The van der Waals surface area contributed by atoms with Gasteiger partial charge in [-0.3, -0.25) is 0 Å². The van der Waals surface area contributed by atoms with E-state index in [-0.39, 0.29) is 16.8 Å². The number of esters is 1. The first kappa shape index (κ1) is 24.0. The van der Waals surface area contributed by atoms with Crippen molar-refractivity contribution < 1.29 is 19.0 Å². The lowest BCUT2D eigenvalue weighted by atomic mass is 9.79. The number of rotatable bonds is 5.